The number of thiophene rings is 1. The molecule has 0 saturated heterocycles. The molecular weight excluding hydrogens is 304 g/mol. The largest absolute Gasteiger partial charge is 0.250 e. The van der Waals surface area contributed by atoms with Crippen molar-refractivity contribution in [2.75, 3.05) is 0 Å². The summed E-state index contributed by atoms with van der Waals surface area (Å²) in [6, 6.07) is 11.8. The third kappa shape index (κ3) is 3.33. The summed E-state index contributed by atoms with van der Waals surface area (Å²) in [6.07, 6.45) is 0. The number of hydrogen-bond acceptors (Lipinski definition) is 4. The number of nitrogens with zero attached hydrogens (tertiary/aromatic N) is 1. The Labute approximate surface area is 120 Å². The number of hydrogen-bond donors (Lipinski definition) is 1. The van der Waals surface area contributed by atoms with Gasteiger partial charge in [0.15, 0.2) is 0 Å². The summed E-state index contributed by atoms with van der Waals surface area (Å²) >= 11 is 6.88. The van der Waals surface area contributed by atoms with Crippen molar-refractivity contribution in [3.8, 4) is 6.07 Å². The number of nitriles is 1. The van der Waals surface area contributed by atoms with Gasteiger partial charge in [-0.2, -0.15) is 5.26 Å². The van der Waals surface area contributed by atoms with E-state index in [1.165, 1.54) is 12.1 Å². The fourth-order valence-electron chi connectivity index (χ4n) is 1.41. The molecule has 1 aromatic heterocycles. The van der Waals surface area contributed by atoms with Crippen LogP contribution < -0.4 is 4.72 Å². The van der Waals surface area contributed by atoms with Crippen molar-refractivity contribution in [3.63, 3.8) is 0 Å². The summed E-state index contributed by atoms with van der Waals surface area (Å²) in [4.78, 5) is 0.359. The highest BCUT2D eigenvalue weighted by Gasteiger charge is 2.16. The highest BCUT2D eigenvalue weighted by atomic mass is 35.5. The minimum atomic E-state index is -3.61. The fraction of sp³-hybridized carbons (Fsp3) is 0.0833. The van der Waals surface area contributed by atoms with E-state index in [0.29, 0.717) is 15.5 Å². The second-order valence-electron chi connectivity index (χ2n) is 3.65. The molecule has 1 heterocycles. The summed E-state index contributed by atoms with van der Waals surface area (Å²) in [5, 5.41) is 9.20. The minimum absolute atomic E-state index is 0.113. The summed E-state index contributed by atoms with van der Waals surface area (Å²) in [7, 11) is -3.61. The van der Waals surface area contributed by atoms with Crippen molar-refractivity contribution in [2.45, 2.75) is 10.8 Å². The van der Waals surface area contributed by atoms with Gasteiger partial charge < -0.3 is 0 Å². The Hall–Kier alpha value is -1.39. The van der Waals surface area contributed by atoms with Crippen LogP contribution in [0.3, 0.4) is 0 Å². The van der Waals surface area contributed by atoms with Crippen LogP contribution in [0.25, 0.3) is 0 Å². The molecule has 0 unspecified atom stereocenters. The SMILES string of the molecule is N#Cc1ccc(S(=O)(=O)NCc2ccccc2Cl)s1. The van der Waals surface area contributed by atoms with Gasteiger partial charge in [0.05, 0.1) is 0 Å². The molecule has 98 valence electrons. The van der Waals surface area contributed by atoms with Crippen LogP contribution in [0.2, 0.25) is 5.02 Å². The first-order chi connectivity index (χ1) is 9.03. The van der Waals surface area contributed by atoms with E-state index in [-0.39, 0.29) is 10.8 Å². The first kappa shape index (κ1) is 14.0. The number of benzene rings is 1. The average Bonchev–Trinajstić information content (AvgIpc) is 2.87. The van der Waals surface area contributed by atoms with Gasteiger partial charge in [-0.05, 0) is 23.8 Å². The van der Waals surface area contributed by atoms with Crippen molar-refractivity contribution >= 4 is 33.0 Å². The van der Waals surface area contributed by atoms with E-state index in [1.54, 1.807) is 24.3 Å². The fourth-order valence-corrected chi connectivity index (χ4v) is 3.77. The molecule has 0 amide bonds. The summed E-state index contributed by atoms with van der Waals surface area (Å²) in [5.74, 6) is 0. The van der Waals surface area contributed by atoms with Crippen molar-refractivity contribution in [1.82, 2.24) is 4.72 Å². The zero-order chi connectivity index (χ0) is 13.9. The summed E-state index contributed by atoms with van der Waals surface area (Å²) in [6.45, 7) is 0.113. The maximum atomic E-state index is 12.0. The maximum absolute atomic E-state index is 12.0. The lowest BCUT2D eigenvalue weighted by atomic mass is 10.2. The third-order valence-electron chi connectivity index (χ3n) is 2.37. The molecule has 0 aliphatic heterocycles. The quantitative estimate of drug-likeness (QED) is 0.943. The maximum Gasteiger partial charge on any atom is 0.250 e. The van der Waals surface area contributed by atoms with Crippen LogP contribution in [0, 0.1) is 11.3 Å². The molecule has 2 rings (SSSR count). The molecule has 0 aliphatic carbocycles. The number of sulfonamides is 1. The van der Waals surface area contributed by atoms with E-state index in [9.17, 15) is 8.42 Å². The van der Waals surface area contributed by atoms with Crippen LogP contribution in [0.15, 0.2) is 40.6 Å². The second-order valence-corrected chi connectivity index (χ2v) is 7.13. The Bertz CT molecular complexity index is 732. The molecule has 1 aromatic carbocycles. The molecule has 0 bridgehead atoms. The normalized spacial score (nSPS) is 11.2. The van der Waals surface area contributed by atoms with E-state index in [0.717, 1.165) is 11.3 Å². The lowest BCUT2D eigenvalue weighted by molar-refractivity contribution is 0.583. The predicted molar refractivity (Wildman–Crippen MR) is 74.5 cm³/mol. The van der Waals surface area contributed by atoms with Crippen LogP contribution in [0.1, 0.15) is 10.4 Å². The van der Waals surface area contributed by atoms with Crippen molar-refractivity contribution < 1.29 is 8.42 Å². The zero-order valence-electron chi connectivity index (χ0n) is 9.63. The lowest BCUT2D eigenvalue weighted by Crippen LogP contribution is -2.22. The van der Waals surface area contributed by atoms with E-state index in [4.69, 9.17) is 16.9 Å². The average molecular weight is 313 g/mol. The molecule has 4 nitrogen and oxygen atoms in total. The molecule has 0 spiro atoms. The van der Waals surface area contributed by atoms with Crippen LogP contribution in [-0.4, -0.2) is 8.42 Å². The molecule has 0 fully saturated rings. The molecule has 0 saturated carbocycles. The van der Waals surface area contributed by atoms with Gasteiger partial charge in [-0.1, -0.05) is 29.8 Å². The number of rotatable bonds is 4. The van der Waals surface area contributed by atoms with Gasteiger partial charge in [0.1, 0.15) is 15.2 Å². The van der Waals surface area contributed by atoms with Gasteiger partial charge in [0.2, 0.25) is 10.0 Å². The van der Waals surface area contributed by atoms with Crippen LogP contribution in [-0.2, 0) is 16.6 Å². The number of nitrogens with one attached hydrogen (secondary N) is 1. The first-order valence-electron chi connectivity index (χ1n) is 5.26. The Morgan fingerprint density at radius 3 is 2.63 bits per heavy atom. The van der Waals surface area contributed by atoms with Gasteiger partial charge in [0, 0.05) is 11.6 Å². The Balaban J connectivity index is 2.15. The topological polar surface area (TPSA) is 70.0 Å². The molecule has 1 N–H and O–H groups in total. The van der Waals surface area contributed by atoms with Crippen LogP contribution in [0.5, 0.6) is 0 Å². The van der Waals surface area contributed by atoms with E-state index in [2.05, 4.69) is 4.72 Å². The van der Waals surface area contributed by atoms with E-state index in [1.807, 2.05) is 6.07 Å². The van der Waals surface area contributed by atoms with Gasteiger partial charge in [-0.3, -0.25) is 0 Å². The van der Waals surface area contributed by atoms with Crippen LogP contribution in [0.4, 0.5) is 0 Å². The minimum Gasteiger partial charge on any atom is -0.206 e. The predicted octanol–water partition coefficient (Wildman–Crippen LogP) is 2.75. The summed E-state index contributed by atoms with van der Waals surface area (Å²) < 4.78 is 26.6. The third-order valence-corrected chi connectivity index (χ3v) is 5.62. The molecule has 0 radical (unpaired) electrons. The van der Waals surface area contributed by atoms with Crippen molar-refractivity contribution in [3.05, 3.63) is 51.9 Å². The molecule has 7 heteroatoms. The molecule has 0 atom stereocenters. The van der Waals surface area contributed by atoms with Gasteiger partial charge >= 0.3 is 0 Å². The van der Waals surface area contributed by atoms with Crippen LogP contribution >= 0.6 is 22.9 Å². The standard InChI is InChI=1S/C12H9ClN2O2S2/c13-11-4-2-1-3-9(11)8-15-19(16,17)12-6-5-10(7-14)18-12/h1-6,15H,8H2. The first-order valence-corrected chi connectivity index (χ1v) is 7.94. The zero-order valence-corrected chi connectivity index (χ0v) is 12.0. The second kappa shape index (κ2) is 5.72. The molecular formula is C12H9ClN2O2S2. The smallest absolute Gasteiger partial charge is 0.206 e. The number of halogens is 1. The lowest BCUT2D eigenvalue weighted by Gasteiger charge is -2.06. The van der Waals surface area contributed by atoms with E-state index >= 15 is 0 Å². The van der Waals surface area contributed by atoms with Gasteiger partial charge in [-0.15, -0.1) is 11.3 Å². The molecule has 0 aliphatic rings. The van der Waals surface area contributed by atoms with Crippen molar-refractivity contribution in [2.24, 2.45) is 0 Å². The van der Waals surface area contributed by atoms with Gasteiger partial charge in [-0.25, -0.2) is 13.1 Å². The Kier molecular flexibility index (Phi) is 4.22. The highest BCUT2D eigenvalue weighted by molar-refractivity contribution is 7.91. The van der Waals surface area contributed by atoms with E-state index < -0.39 is 10.0 Å². The highest BCUT2D eigenvalue weighted by Crippen LogP contribution is 2.21. The van der Waals surface area contributed by atoms with Gasteiger partial charge in [0.25, 0.3) is 0 Å². The Morgan fingerprint density at radius 1 is 1.26 bits per heavy atom. The Morgan fingerprint density at radius 2 is 2.00 bits per heavy atom. The molecule has 19 heavy (non-hydrogen) atoms. The van der Waals surface area contributed by atoms with Crippen molar-refractivity contribution in [1.29, 1.82) is 5.26 Å². The summed E-state index contributed by atoms with van der Waals surface area (Å²) in [5.41, 5.74) is 0.699. The molecule has 2 aromatic rings. The monoisotopic (exact) mass is 312 g/mol.